The molecule has 0 radical (unpaired) electrons. The fraction of sp³-hybridized carbons (Fsp3) is 0.562. The van der Waals surface area contributed by atoms with Gasteiger partial charge in [-0.1, -0.05) is 18.7 Å². The van der Waals surface area contributed by atoms with Gasteiger partial charge in [-0.15, -0.1) is 11.3 Å². The maximum atomic E-state index is 12.9. The second-order valence-corrected chi connectivity index (χ2v) is 8.45. The Bertz CT molecular complexity index is 855. The summed E-state index contributed by atoms with van der Waals surface area (Å²) in [4.78, 5) is 31.7. The van der Waals surface area contributed by atoms with Crippen molar-refractivity contribution in [3.05, 3.63) is 20.8 Å². The Hall–Kier alpha value is -1.34. The van der Waals surface area contributed by atoms with E-state index in [0.717, 1.165) is 29.5 Å². The van der Waals surface area contributed by atoms with E-state index in [2.05, 4.69) is 11.9 Å². The molecule has 0 N–H and O–H groups in total. The molecule has 5 nitrogen and oxygen atoms in total. The van der Waals surface area contributed by atoms with E-state index < -0.39 is 0 Å². The Labute approximate surface area is 142 Å². The summed E-state index contributed by atoms with van der Waals surface area (Å²) in [5.74, 6) is 0.411. The first-order valence-electron chi connectivity index (χ1n) is 7.96. The molecule has 0 saturated carbocycles. The topological polar surface area (TPSA) is 61.2 Å². The first kappa shape index (κ1) is 15.2. The van der Waals surface area contributed by atoms with Crippen LogP contribution in [-0.4, -0.2) is 27.4 Å². The number of fused-ring (bicyclic) bond motifs is 4. The standard InChI is InChI=1S/C16H18N2O3S2/c1-3-21-15(20)11-7-18-14(19)12-9-5-4-8(2)6-10(9)22-13(12)17-16(18)23-11/h8,11H,3-7H2,1-2H3/t8-,11-/m0/s1. The molecule has 122 valence electrons. The molecule has 0 fully saturated rings. The molecule has 4 rings (SSSR count). The van der Waals surface area contributed by atoms with Gasteiger partial charge in [0.15, 0.2) is 5.16 Å². The molecular weight excluding hydrogens is 332 g/mol. The summed E-state index contributed by atoms with van der Waals surface area (Å²) in [7, 11) is 0. The van der Waals surface area contributed by atoms with E-state index >= 15 is 0 Å². The number of carbonyl (C=O) groups is 1. The Kier molecular flexibility index (Phi) is 3.72. The molecule has 2 aliphatic rings. The first-order chi connectivity index (χ1) is 11.1. The van der Waals surface area contributed by atoms with Gasteiger partial charge in [0, 0.05) is 4.88 Å². The molecule has 1 aliphatic heterocycles. The normalized spacial score (nSPS) is 22.9. The largest absolute Gasteiger partial charge is 0.465 e. The summed E-state index contributed by atoms with van der Waals surface area (Å²) in [6.07, 6.45) is 3.13. The summed E-state index contributed by atoms with van der Waals surface area (Å²) >= 11 is 2.99. The highest BCUT2D eigenvalue weighted by molar-refractivity contribution is 8.00. The average Bonchev–Trinajstić information content (AvgIpc) is 3.08. The summed E-state index contributed by atoms with van der Waals surface area (Å²) < 4.78 is 6.73. The maximum Gasteiger partial charge on any atom is 0.321 e. The third-order valence-corrected chi connectivity index (χ3v) is 6.82. The molecule has 0 amide bonds. The fourth-order valence-electron chi connectivity index (χ4n) is 3.34. The van der Waals surface area contributed by atoms with Crippen LogP contribution < -0.4 is 5.56 Å². The van der Waals surface area contributed by atoms with Crippen molar-refractivity contribution in [2.75, 3.05) is 6.61 Å². The molecule has 7 heteroatoms. The van der Waals surface area contributed by atoms with E-state index in [1.165, 1.54) is 22.2 Å². The smallest absolute Gasteiger partial charge is 0.321 e. The predicted octanol–water partition coefficient (Wildman–Crippen LogP) is 2.62. The van der Waals surface area contributed by atoms with E-state index in [1.54, 1.807) is 22.8 Å². The highest BCUT2D eigenvalue weighted by Crippen LogP contribution is 2.38. The van der Waals surface area contributed by atoms with Gasteiger partial charge in [-0.3, -0.25) is 14.2 Å². The van der Waals surface area contributed by atoms with E-state index in [1.807, 2.05) is 0 Å². The van der Waals surface area contributed by atoms with Crippen molar-refractivity contribution in [2.24, 2.45) is 5.92 Å². The van der Waals surface area contributed by atoms with Crippen molar-refractivity contribution in [3.63, 3.8) is 0 Å². The van der Waals surface area contributed by atoms with Gasteiger partial charge < -0.3 is 4.74 Å². The second kappa shape index (κ2) is 5.63. The van der Waals surface area contributed by atoms with Crippen molar-refractivity contribution < 1.29 is 9.53 Å². The molecule has 3 heterocycles. The van der Waals surface area contributed by atoms with Crippen molar-refractivity contribution in [1.82, 2.24) is 9.55 Å². The average molecular weight is 350 g/mol. The Morgan fingerprint density at radius 1 is 1.48 bits per heavy atom. The zero-order valence-electron chi connectivity index (χ0n) is 13.1. The van der Waals surface area contributed by atoms with Gasteiger partial charge in [0.2, 0.25) is 0 Å². The maximum absolute atomic E-state index is 12.9. The predicted molar refractivity (Wildman–Crippen MR) is 91.3 cm³/mol. The van der Waals surface area contributed by atoms with Gasteiger partial charge >= 0.3 is 5.97 Å². The molecule has 0 bridgehead atoms. The quantitative estimate of drug-likeness (QED) is 0.615. The Balaban J connectivity index is 1.78. The van der Waals surface area contributed by atoms with Crippen LogP contribution in [0.3, 0.4) is 0 Å². The monoisotopic (exact) mass is 350 g/mol. The van der Waals surface area contributed by atoms with Gasteiger partial charge in [0.1, 0.15) is 10.1 Å². The van der Waals surface area contributed by atoms with Crippen LogP contribution in [0.25, 0.3) is 10.2 Å². The summed E-state index contributed by atoms with van der Waals surface area (Å²) in [6.45, 7) is 4.77. The van der Waals surface area contributed by atoms with Crippen molar-refractivity contribution in [1.29, 1.82) is 0 Å². The number of ether oxygens (including phenoxy) is 1. The lowest BCUT2D eigenvalue weighted by Crippen LogP contribution is -2.26. The molecule has 0 saturated heterocycles. The second-order valence-electron chi connectivity index (χ2n) is 6.20. The highest BCUT2D eigenvalue weighted by atomic mass is 32.2. The summed E-state index contributed by atoms with van der Waals surface area (Å²) in [5, 5.41) is 1.07. The van der Waals surface area contributed by atoms with Crippen molar-refractivity contribution in [3.8, 4) is 0 Å². The minimum atomic E-state index is -0.359. The molecule has 0 spiro atoms. The molecular formula is C16H18N2O3S2. The fourth-order valence-corrected chi connectivity index (χ4v) is 5.85. The number of nitrogens with zero attached hydrogens (tertiary/aromatic N) is 2. The van der Waals surface area contributed by atoms with E-state index in [9.17, 15) is 9.59 Å². The lowest BCUT2D eigenvalue weighted by atomic mass is 9.89. The lowest BCUT2D eigenvalue weighted by Gasteiger charge is -2.17. The van der Waals surface area contributed by atoms with Gasteiger partial charge in [-0.2, -0.15) is 0 Å². The lowest BCUT2D eigenvalue weighted by molar-refractivity contribution is -0.142. The van der Waals surface area contributed by atoms with Gasteiger partial charge in [0.25, 0.3) is 5.56 Å². The summed E-state index contributed by atoms with van der Waals surface area (Å²) in [5.41, 5.74) is 1.21. The SMILES string of the molecule is CCOC(=O)[C@@H]1Cn2c(nc3sc4c(c3c2=O)CC[C@H](C)C4)S1. The third kappa shape index (κ3) is 2.41. The van der Waals surface area contributed by atoms with Crippen molar-refractivity contribution >= 4 is 39.3 Å². The first-order valence-corrected chi connectivity index (χ1v) is 9.66. The minimum Gasteiger partial charge on any atom is -0.465 e. The zero-order chi connectivity index (χ0) is 16.1. The molecule has 1 aliphatic carbocycles. The number of carbonyl (C=O) groups excluding carboxylic acids is 1. The number of rotatable bonds is 2. The van der Waals surface area contributed by atoms with Crippen LogP contribution in [0.4, 0.5) is 0 Å². The van der Waals surface area contributed by atoms with Crippen LogP contribution in [0, 0.1) is 5.92 Å². The van der Waals surface area contributed by atoms with E-state index in [0.29, 0.717) is 24.2 Å². The van der Waals surface area contributed by atoms with Crippen LogP contribution in [0.15, 0.2) is 9.95 Å². The van der Waals surface area contributed by atoms with Crippen molar-refractivity contribution in [2.45, 2.75) is 50.1 Å². The highest BCUT2D eigenvalue weighted by Gasteiger charge is 2.33. The molecule has 2 aromatic rings. The van der Waals surface area contributed by atoms with Crippen LogP contribution in [-0.2, 0) is 28.9 Å². The number of thioether (sulfide) groups is 1. The van der Waals surface area contributed by atoms with Gasteiger partial charge in [-0.05, 0) is 37.7 Å². The Morgan fingerprint density at radius 3 is 3.09 bits per heavy atom. The Morgan fingerprint density at radius 2 is 2.30 bits per heavy atom. The minimum absolute atomic E-state index is 0.0105. The van der Waals surface area contributed by atoms with Crippen LogP contribution >= 0.6 is 23.1 Å². The molecule has 0 aromatic carbocycles. The van der Waals surface area contributed by atoms with Gasteiger partial charge in [-0.25, -0.2) is 4.98 Å². The number of hydrogen-bond donors (Lipinski definition) is 0. The number of hydrogen-bond acceptors (Lipinski definition) is 6. The molecule has 2 atom stereocenters. The summed E-state index contributed by atoms with van der Waals surface area (Å²) in [6, 6.07) is 0. The van der Waals surface area contributed by atoms with Crippen LogP contribution in [0.5, 0.6) is 0 Å². The number of thiophene rings is 1. The number of aromatic nitrogens is 2. The number of esters is 1. The molecule has 23 heavy (non-hydrogen) atoms. The van der Waals surface area contributed by atoms with E-state index in [4.69, 9.17) is 4.74 Å². The number of aryl methyl sites for hydroxylation is 1. The van der Waals surface area contributed by atoms with E-state index in [-0.39, 0.29) is 16.8 Å². The molecule has 2 aromatic heterocycles. The van der Waals surface area contributed by atoms with Crippen LogP contribution in [0.1, 0.15) is 30.7 Å². The third-order valence-electron chi connectivity index (χ3n) is 4.53. The molecule has 0 unspecified atom stereocenters. The van der Waals surface area contributed by atoms with Gasteiger partial charge in [0.05, 0.1) is 18.5 Å². The van der Waals surface area contributed by atoms with Crippen LogP contribution in [0.2, 0.25) is 0 Å². The zero-order valence-corrected chi connectivity index (χ0v) is 14.8.